The van der Waals surface area contributed by atoms with Crippen molar-refractivity contribution in [1.82, 2.24) is 4.57 Å². The SMILES string of the molecule is CC(=O)O/N=C(\Cc1ccccc1C)c1cn(C)c2ccc(C#N)cc12. The summed E-state index contributed by atoms with van der Waals surface area (Å²) < 4.78 is 1.98. The van der Waals surface area contributed by atoms with Crippen molar-refractivity contribution < 1.29 is 9.63 Å². The van der Waals surface area contributed by atoms with Crippen molar-refractivity contribution in [2.75, 3.05) is 0 Å². The predicted molar refractivity (Wildman–Crippen MR) is 101 cm³/mol. The van der Waals surface area contributed by atoms with Gasteiger partial charge in [0, 0.05) is 43.1 Å². The zero-order valence-corrected chi connectivity index (χ0v) is 15.0. The average molecular weight is 345 g/mol. The fourth-order valence-electron chi connectivity index (χ4n) is 2.98. The summed E-state index contributed by atoms with van der Waals surface area (Å²) >= 11 is 0. The first-order valence-electron chi connectivity index (χ1n) is 8.28. The summed E-state index contributed by atoms with van der Waals surface area (Å²) in [6.45, 7) is 3.36. The Labute approximate surface area is 152 Å². The van der Waals surface area contributed by atoms with Crippen molar-refractivity contribution >= 4 is 22.6 Å². The number of nitrogens with zero attached hydrogens (tertiary/aromatic N) is 3. The Bertz CT molecular complexity index is 1050. The number of hydrogen-bond donors (Lipinski definition) is 0. The van der Waals surface area contributed by atoms with E-state index in [4.69, 9.17) is 4.84 Å². The van der Waals surface area contributed by atoms with Crippen molar-refractivity contribution in [2.45, 2.75) is 20.3 Å². The smallest absolute Gasteiger partial charge is 0.331 e. The molecule has 5 heteroatoms. The minimum absolute atomic E-state index is 0.467. The van der Waals surface area contributed by atoms with Crippen LogP contribution < -0.4 is 0 Å². The Morgan fingerprint density at radius 1 is 1.27 bits per heavy atom. The number of fused-ring (bicyclic) bond motifs is 1. The van der Waals surface area contributed by atoms with Crippen LogP contribution in [0.2, 0.25) is 0 Å². The zero-order valence-electron chi connectivity index (χ0n) is 15.0. The summed E-state index contributed by atoms with van der Waals surface area (Å²) in [6.07, 6.45) is 2.47. The van der Waals surface area contributed by atoms with Gasteiger partial charge in [0.2, 0.25) is 0 Å². The lowest BCUT2D eigenvalue weighted by Gasteiger charge is -2.08. The van der Waals surface area contributed by atoms with E-state index in [-0.39, 0.29) is 0 Å². The second-order valence-corrected chi connectivity index (χ2v) is 6.22. The van der Waals surface area contributed by atoms with Gasteiger partial charge < -0.3 is 9.40 Å². The first-order chi connectivity index (χ1) is 12.5. The van der Waals surface area contributed by atoms with E-state index in [1.165, 1.54) is 6.92 Å². The molecule has 0 unspecified atom stereocenters. The van der Waals surface area contributed by atoms with Crippen molar-refractivity contribution in [1.29, 1.82) is 5.26 Å². The Hall–Kier alpha value is -3.39. The molecule has 0 atom stereocenters. The lowest BCUT2D eigenvalue weighted by Crippen LogP contribution is -2.08. The van der Waals surface area contributed by atoms with Crippen LogP contribution in [0, 0.1) is 18.3 Å². The van der Waals surface area contributed by atoms with Gasteiger partial charge in [0.05, 0.1) is 17.3 Å². The minimum atomic E-state index is -0.467. The van der Waals surface area contributed by atoms with Crippen LogP contribution in [0.3, 0.4) is 0 Å². The van der Waals surface area contributed by atoms with Crippen molar-refractivity contribution in [3.8, 4) is 6.07 Å². The van der Waals surface area contributed by atoms with E-state index >= 15 is 0 Å². The molecule has 130 valence electrons. The molecule has 0 aliphatic rings. The monoisotopic (exact) mass is 345 g/mol. The molecule has 0 saturated heterocycles. The van der Waals surface area contributed by atoms with Gasteiger partial charge in [-0.2, -0.15) is 5.26 Å². The minimum Gasteiger partial charge on any atom is -0.350 e. The summed E-state index contributed by atoms with van der Waals surface area (Å²) in [7, 11) is 1.94. The topological polar surface area (TPSA) is 67.4 Å². The summed E-state index contributed by atoms with van der Waals surface area (Å²) in [6, 6.07) is 15.7. The number of aryl methyl sites for hydroxylation is 2. The normalized spacial score (nSPS) is 11.4. The van der Waals surface area contributed by atoms with E-state index in [0.717, 1.165) is 27.6 Å². The fraction of sp³-hybridized carbons (Fsp3) is 0.190. The quantitative estimate of drug-likeness (QED) is 0.409. The van der Waals surface area contributed by atoms with Gasteiger partial charge in [-0.3, -0.25) is 0 Å². The fourth-order valence-corrected chi connectivity index (χ4v) is 2.98. The first kappa shape index (κ1) is 17.4. The van der Waals surface area contributed by atoms with Crippen LogP contribution in [-0.4, -0.2) is 16.2 Å². The molecule has 0 fully saturated rings. The van der Waals surface area contributed by atoms with Crippen LogP contribution in [0.1, 0.15) is 29.2 Å². The second-order valence-electron chi connectivity index (χ2n) is 6.22. The molecule has 1 aromatic heterocycles. The third-order valence-electron chi connectivity index (χ3n) is 4.33. The van der Waals surface area contributed by atoms with Gasteiger partial charge in [0.1, 0.15) is 0 Å². The van der Waals surface area contributed by atoms with Crippen LogP contribution in [0.4, 0.5) is 0 Å². The molecule has 2 aromatic carbocycles. The number of nitriles is 1. The summed E-state index contributed by atoms with van der Waals surface area (Å²) in [5.74, 6) is -0.467. The highest BCUT2D eigenvalue weighted by atomic mass is 16.7. The molecular weight excluding hydrogens is 326 g/mol. The summed E-state index contributed by atoms with van der Waals surface area (Å²) in [4.78, 5) is 16.3. The maximum absolute atomic E-state index is 11.3. The van der Waals surface area contributed by atoms with Crippen LogP contribution >= 0.6 is 0 Å². The van der Waals surface area contributed by atoms with Gasteiger partial charge in [0.25, 0.3) is 0 Å². The molecule has 0 spiro atoms. The molecule has 3 rings (SSSR count). The maximum Gasteiger partial charge on any atom is 0.331 e. The molecule has 0 saturated carbocycles. The Morgan fingerprint density at radius 2 is 2.04 bits per heavy atom. The van der Waals surface area contributed by atoms with Crippen molar-refractivity contribution in [3.63, 3.8) is 0 Å². The number of aromatic nitrogens is 1. The van der Waals surface area contributed by atoms with Gasteiger partial charge in [-0.15, -0.1) is 0 Å². The molecule has 26 heavy (non-hydrogen) atoms. The molecule has 0 radical (unpaired) electrons. The predicted octanol–water partition coefficient (Wildman–Crippen LogP) is 3.87. The van der Waals surface area contributed by atoms with Crippen LogP contribution in [0.5, 0.6) is 0 Å². The Morgan fingerprint density at radius 3 is 2.73 bits per heavy atom. The van der Waals surface area contributed by atoms with E-state index in [1.807, 2.05) is 61.1 Å². The molecule has 0 bridgehead atoms. The van der Waals surface area contributed by atoms with Gasteiger partial charge >= 0.3 is 5.97 Å². The molecule has 0 N–H and O–H groups in total. The van der Waals surface area contributed by atoms with Crippen LogP contribution in [0.25, 0.3) is 10.9 Å². The molecule has 3 aromatic rings. The van der Waals surface area contributed by atoms with Gasteiger partial charge in [-0.1, -0.05) is 29.4 Å². The van der Waals surface area contributed by atoms with E-state index in [0.29, 0.717) is 17.7 Å². The third kappa shape index (κ3) is 3.50. The molecule has 5 nitrogen and oxygen atoms in total. The first-order valence-corrected chi connectivity index (χ1v) is 8.28. The molecule has 0 aliphatic carbocycles. The van der Waals surface area contributed by atoms with Gasteiger partial charge in [0.15, 0.2) is 0 Å². The molecule has 1 heterocycles. The molecule has 0 amide bonds. The molecular formula is C21H19N3O2. The zero-order chi connectivity index (χ0) is 18.7. The highest BCUT2D eigenvalue weighted by Crippen LogP contribution is 2.24. The lowest BCUT2D eigenvalue weighted by molar-refractivity contribution is -0.140. The largest absolute Gasteiger partial charge is 0.350 e. The Kier molecular flexibility index (Phi) is 4.85. The highest BCUT2D eigenvalue weighted by Gasteiger charge is 2.16. The average Bonchev–Trinajstić information content (AvgIpc) is 2.96. The van der Waals surface area contributed by atoms with Crippen molar-refractivity contribution in [3.05, 3.63) is 70.9 Å². The van der Waals surface area contributed by atoms with E-state index < -0.39 is 5.97 Å². The summed E-state index contributed by atoms with van der Waals surface area (Å²) in [5, 5.41) is 14.3. The van der Waals surface area contributed by atoms with Crippen LogP contribution in [0.15, 0.2) is 53.8 Å². The molecule has 0 aliphatic heterocycles. The number of benzene rings is 2. The van der Waals surface area contributed by atoms with E-state index in [1.54, 1.807) is 6.07 Å². The number of rotatable bonds is 4. The maximum atomic E-state index is 11.3. The van der Waals surface area contributed by atoms with Crippen LogP contribution in [-0.2, 0) is 23.1 Å². The van der Waals surface area contributed by atoms with Gasteiger partial charge in [-0.25, -0.2) is 4.79 Å². The number of oxime groups is 1. The van der Waals surface area contributed by atoms with E-state index in [9.17, 15) is 10.1 Å². The lowest BCUT2D eigenvalue weighted by atomic mass is 9.98. The Balaban J connectivity index is 2.14. The number of carbonyl (C=O) groups is 1. The third-order valence-corrected chi connectivity index (χ3v) is 4.33. The highest BCUT2D eigenvalue weighted by molar-refractivity contribution is 6.12. The van der Waals surface area contributed by atoms with E-state index in [2.05, 4.69) is 11.2 Å². The summed E-state index contributed by atoms with van der Waals surface area (Å²) in [5.41, 5.74) is 5.30. The standard InChI is InChI=1S/C21H19N3O2/c1-14-6-4-5-7-17(14)11-20(23-26-15(2)25)19-13-24(3)21-9-8-16(12-22)10-18(19)21/h4-10,13H,11H2,1-3H3/b23-20+. The number of carbonyl (C=O) groups excluding carboxylic acids is 1. The second kappa shape index (κ2) is 7.24. The number of hydrogen-bond acceptors (Lipinski definition) is 4. The van der Waals surface area contributed by atoms with Gasteiger partial charge in [-0.05, 0) is 36.2 Å². The van der Waals surface area contributed by atoms with Crippen molar-refractivity contribution in [2.24, 2.45) is 12.2 Å².